The molecule has 0 unspecified atom stereocenters. The summed E-state index contributed by atoms with van der Waals surface area (Å²) < 4.78 is 20.3. The number of ether oxygens (including phenoxy) is 4. The molecule has 10 heteroatoms. The van der Waals surface area contributed by atoms with Gasteiger partial charge in [0.2, 0.25) is 5.91 Å². The van der Waals surface area contributed by atoms with Crippen LogP contribution in [0.3, 0.4) is 0 Å². The second kappa shape index (κ2) is 8.60. The summed E-state index contributed by atoms with van der Waals surface area (Å²) in [6, 6.07) is 0. The SMILES string of the molecule is CC(=O)N[C@H]1O[C@H](COC(C)=O)[C@H](O)[C@H](OC(C)=O)[C@H]1OC(C)=O. The molecule has 24 heavy (non-hydrogen) atoms. The standard InChI is InChI=1S/C14H21NO9/c1-6(16)15-14-13(23-9(4)19)12(22-8(3)18)11(20)10(24-14)5-21-7(2)17/h10-14,20H,5H2,1-4H3,(H,15,16)/t10-,11+,12+,13-,14+/m1/s1. The topological polar surface area (TPSA) is 137 Å². The second-order valence-electron chi connectivity index (χ2n) is 5.24. The van der Waals surface area contributed by atoms with Crippen LogP contribution in [0.4, 0.5) is 0 Å². The minimum atomic E-state index is -1.44. The molecule has 1 fully saturated rings. The monoisotopic (exact) mass is 347 g/mol. The molecule has 136 valence electrons. The number of esters is 3. The van der Waals surface area contributed by atoms with Crippen LogP contribution in [0.1, 0.15) is 27.7 Å². The van der Waals surface area contributed by atoms with Crippen molar-refractivity contribution >= 4 is 23.8 Å². The average molecular weight is 347 g/mol. The Morgan fingerprint density at radius 1 is 0.958 bits per heavy atom. The maximum absolute atomic E-state index is 11.3. The Balaban J connectivity index is 3.07. The van der Waals surface area contributed by atoms with E-state index in [0.29, 0.717) is 0 Å². The molecule has 1 aliphatic heterocycles. The molecule has 0 aromatic rings. The number of rotatable bonds is 5. The predicted molar refractivity (Wildman–Crippen MR) is 76.2 cm³/mol. The third kappa shape index (κ3) is 5.78. The van der Waals surface area contributed by atoms with Crippen molar-refractivity contribution in [2.45, 2.75) is 58.3 Å². The van der Waals surface area contributed by atoms with Gasteiger partial charge in [0.05, 0.1) is 0 Å². The van der Waals surface area contributed by atoms with Gasteiger partial charge in [0.1, 0.15) is 18.8 Å². The zero-order valence-corrected chi connectivity index (χ0v) is 13.8. The first kappa shape index (κ1) is 19.8. The van der Waals surface area contributed by atoms with E-state index in [4.69, 9.17) is 18.9 Å². The van der Waals surface area contributed by atoms with Crippen LogP contribution in [-0.4, -0.2) is 66.2 Å². The second-order valence-corrected chi connectivity index (χ2v) is 5.24. The summed E-state index contributed by atoms with van der Waals surface area (Å²) in [6.45, 7) is 4.28. The molecular weight excluding hydrogens is 326 g/mol. The molecule has 0 radical (unpaired) electrons. The van der Waals surface area contributed by atoms with Crippen molar-refractivity contribution in [3.63, 3.8) is 0 Å². The van der Waals surface area contributed by atoms with Crippen LogP contribution in [-0.2, 0) is 38.1 Å². The molecule has 0 bridgehead atoms. The van der Waals surface area contributed by atoms with Crippen LogP contribution in [0.2, 0.25) is 0 Å². The van der Waals surface area contributed by atoms with Crippen LogP contribution in [0.5, 0.6) is 0 Å². The van der Waals surface area contributed by atoms with Crippen LogP contribution >= 0.6 is 0 Å². The largest absolute Gasteiger partial charge is 0.463 e. The molecule has 0 spiro atoms. The Morgan fingerprint density at radius 3 is 1.96 bits per heavy atom. The van der Waals surface area contributed by atoms with Gasteiger partial charge in [-0.3, -0.25) is 19.2 Å². The summed E-state index contributed by atoms with van der Waals surface area (Å²) in [5, 5.41) is 12.7. The first-order valence-electron chi connectivity index (χ1n) is 7.20. The highest BCUT2D eigenvalue weighted by Crippen LogP contribution is 2.25. The molecule has 0 saturated carbocycles. The summed E-state index contributed by atoms with van der Waals surface area (Å²) in [6.07, 6.45) is -6.30. The zero-order chi connectivity index (χ0) is 18.4. The molecule has 0 aromatic carbocycles. The number of aliphatic hydroxyl groups excluding tert-OH is 1. The lowest BCUT2D eigenvalue weighted by Gasteiger charge is -2.43. The summed E-state index contributed by atoms with van der Waals surface area (Å²) in [4.78, 5) is 44.9. The van der Waals surface area contributed by atoms with Gasteiger partial charge >= 0.3 is 17.9 Å². The average Bonchev–Trinajstić information content (AvgIpc) is 2.42. The molecule has 5 atom stereocenters. The lowest BCUT2D eigenvalue weighted by molar-refractivity contribution is -0.251. The number of hydrogen-bond acceptors (Lipinski definition) is 9. The van der Waals surface area contributed by atoms with Crippen molar-refractivity contribution in [1.82, 2.24) is 5.32 Å². The highest BCUT2D eigenvalue weighted by molar-refractivity contribution is 5.73. The van der Waals surface area contributed by atoms with Crippen molar-refractivity contribution in [2.75, 3.05) is 6.61 Å². The van der Waals surface area contributed by atoms with Crippen molar-refractivity contribution < 1.29 is 43.2 Å². The summed E-state index contributed by atoms with van der Waals surface area (Å²) in [5.74, 6) is -2.55. The van der Waals surface area contributed by atoms with Crippen LogP contribution < -0.4 is 5.32 Å². The van der Waals surface area contributed by atoms with Gasteiger partial charge in [0, 0.05) is 27.7 Å². The van der Waals surface area contributed by atoms with E-state index in [1.54, 1.807) is 0 Å². The number of carbonyl (C=O) groups is 4. The molecule has 0 aliphatic carbocycles. The first-order chi connectivity index (χ1) is 11.1. The molecule has 2 N–H and O–H groups in total. The van der Waals surface area contributed by atoms with E-state index in [1.807, 2.05) is 0 Å². The van der Waals surface area contributed by atoms with Gasteiger partial charge in [0.25, 0.3) is 0 Å². The molecule has 1 aliphatic rings. The third-order valence-corrected chi connectivity index (χ3v) is 3.06. The quantitative estimate of drug-likeness (QED) is 0.456. The smallest absolute Gasteiger partial charge is 0.303 e. The van der Waals surface area contributed by atoms with Gasteiger partial charge in [-0.25, -0.2) is 0 Å². The molecule has 1 amide bonds. The summed E-state index contributed by atoms with van der Waals surface area (Å²) >= 11 is 0. The Morgan fingerprint density at radius 2 is 1.50 bits per heavy atom. The van der Waals surface area contributed by atoms with Gasteiger partial charge in [-0.15, -0.1) is 0 Å². The fourth-order valence-electron chi connectivity index (χ4n) is 2.23. The normalized spacial score (nSPS) is 29.3. The van der Waals surface area contributed by atoms with Crippen molar-refractivity contribution in [1.29, 1.82) is 0 Å². The van der Waals surface area contributed by atoms with Gasteiger partial charge < -0.3 is 29.4 Å². The van der Waals surface area contributed by atoms with Crippen molar-refractivity contribution in [3.8, 4) is 0 Å². The minimum Gasteiger partial charge on any atom is -0.463 e. The van der Waals surface area contributed by atoms with Crippen molar-refractivity contribution in [2.24, 2.45) is 0 Å². The minimum absolute atomic E-state index is 0.336. The molecule has 1 saturated heterocycles. The highest BCUT2D eigenvalue weighted by Gasteiger charge is 2.50. The van der Waals surface area contributed by atoms with Gasteiger partial charge in [-0.2, -0.15) is 0 Å². The van der Waals surface area contributed by atoms with E-state index < -0.39 is 54.5 Å². The van der Waals surface area contributed by atoms with E-state index in [9.17, 15) is 24.3 Å². The fourth-order valence-corrected chi connectivity index (χ4v) is 2.23. The lowest BCUT2D eigenvalue weighted by Crippen LogP contribution is -2.65. The first-order valence-corrected chi connectivity index (χ1v) is 7.20. The number of carbonyl (C=O) groups excluding carboxylic acids is 4. The van der Waals surface area contributed by atoms with Gasteiger partial charge in [0.15, 0.2) is 18.4 Å². The number of nitrogens with one attached hydrogen (secondary N) is 1. The number of aliphatic hydroxyl groups is 1. The van der Waals surface area contributed by atoms with Gasteiger partial charge in [-0.05, 0) is 0 Å². The molecule has 1 heterocycles. The van der Waals surface area contributed by atoms with E-state index in [2.05, 4.69) is 5.32 Å². The fraction of sp³-hybridized carbons (Fsp3) is 0.714. The summed E-state index contributed by atoms with van der Waals surface area (Å²) in [7, 11) is 0. The molecule has 10 nitrogen and oxygen atoms in total. The van der Waals surface area contributed by atoms with E-state index in [-0.39, 0.29) is 6.61 Å². The molecular formula is C14H21NO9. The highest BCUT2D eigenvalue weighted by atomic mass is 16.6. The van der Waals surface area contributed by atoms with Crippen LogP contribution in [0.25, 0.3) is 0 Å². The molecule has 0 aromatic heterocycles. The van der Waals surface area contributed by atoms with Crippen LogP contribution in [0, 0.1) is 0 Å². The predicted octanol–water partition coefficient (Wildman–Crippen LogP) is -1.37. The number of amides is 1. The molecule has 1 rings (SSSR count). The Kier molecular flexibility index (Phi) is 7.11. The van der Waals surface area contributed by atoms with Crippen LogP contribution in [0.15, 0.2) is 0 Å². The van der Waals surface area contributed by atoms with E-state index in [1.165, 1.54) is 13.8 Å². The third-order valence-electron chi connectivity index (χ3n) is 3.06. The van der Waals surface area contributed by atoms with Gasteiger partial charge in [-0.1, -0.05) is 0 Å². The zero-order valence-electron chi connectivity index (χ0n) is 13.8. The Labute approximate surface area is 138 Å². The number of hydrogen-bond donors (Lipinski definition) is 2. The Bertz CT molecular complexity index is 506. The lowest BCUT2D eigenvalue weighted by atomic mass is 9.97. The van der Waals surface area contributed by atoms with E-state index in [0.717, 1.165) is 13.8 Å². The van der Waals surface area contributed by atoms with Crippen molar-refractivity contribution in [3.05, 3.63) is 0 Å². The summed E-state index contributed by atoms with van der Waals surface area (Å²) in [5.41, 5.74) is 0. The van der Waals surface area contributed by atoms with E-state index >= 15 is 0 Å². The maximum Gasteiger partial charge on any atom is 0.303 e. The maximum atomic E-state index is 11.3. The Hall–Kier alpha value is -2.20.